The first-order chi connectivity index (χ1) is 7.78. The van der Waals surface area contributed by atoms with Crippen LogP contribution in [0.5, 0.6) is 0 Å². The summed E-state index contributed by atoms with van der Waals surface area (Å²) in [7, 11) is 0. The minimum atomic E-state index is -1.04. The molecule has 0 bridgehead atoms. The number of allylic oxidation sites excluding steroid dienone is 1. The molecule has 0 aromatic rings. The summed E-state index contributed by atoms with van der Waals surface area (Å²) >= 11 is 0. The number of hydrogen-bond acceptors (Lipinski definition) is 5. The molecule has 0 aromatic carbocycles. The molecule has 0 radical (unpaired) electrons. The van der Waals surface area contributed by atoms with E-state index in [0.717, 1.165) is 0 Å². The van der Waals surface area contributed by atoms with Gasteiger partial charge in [-0.25, -0.2) is 4.79 Å². The highest BCUT2D eigenvalue weighted by molar-refractivity contribution is 5.92. The van der Waals surface area contributed by atoms with Gasteiger partial charge in [-0.05, 0) is 27.2 Å². The van der Waals surface area contributed by atoms with Crippen molar-refractivity contribution in [3.05, 3.63) is 11.3 Å². The Morgan fingerprint density at radius 2 is 1.76 bits per heavy atom. The average Bonchev–Trinajstić information content (AvgIpc) is 2.16. The summed E-state index contributed by atoms with van der Waals surface area (Å²) in [6.07, 6.45) is 0.440. The minimum absolute atomic E-state index is 0.206. The molecule has 0 heterocycles. The fourth-order valence-electron chi connectivity index (χ4n) is 1.61. The molecular weight excluding hydrogens is 222 g/mol. The molecule has 2 N–H and O–H groups in total. The van der Waals surface area contributed by atoms with Crippen LogP contribution in [0.4, 0.5) is 0 Å². The Kier molecular flexibility index (Phi) is 5.71. The second kappa shape index (κ2) is 6.27. The number of nitrogens with two attached hydrogens (primary N) is 1. The molecule has 0 rings (SSSR count). The SMILES string of the molecule is CCOC(=O)/C(=C(/C)N)C(C)(CC)OC(C)=O. The number of ether oxygens (including phenoxy) is 2. The van der Waals surface area contributed by atoms with E-state index >= 15 is 0 Å². The number of carbonyl (C=O) groups is 2. The van der Waals surface area contributed by atoms with Gasteiger partial charge in [0.1, 0.15) is 5.60 Å². The third-order valence-corrected chi connectivity index (χ3v) is 2.45. The summed E-state index contributed by atoms with van der Waals surface area (Å²) in [6.45, 7) is 8.29. The zero-order valence-corrected chi connectivity index (χ0v) is 11.1. The number of rotatable bonds is 5. The maximum Gasteiger partial charge on any atom is 0.339 e. The van der Waals surface area contributed by atoms with Gasteiger partial charge in [-0.3, -0.25) is 4.79 Å². The number of hydrogen-bond donors (Lipinski definition) is 1. The summed E-state index contributed by atoms with van der Waals surface area (Å²) in [5, 5.41) is 0. The van der Waals surface area contributed by atoms with Crippen molar-refractivity contribution in [3.63, 3.8) is 0 Å². The molecule has 1 unspecified atom stereocenters. The molecule has 1 atom stereocenters. The third kappa shape index (κ3) is 4.09. The largest absolute Gasteiger partial charge is 0.462 e. The van der Waals surface area contributed by atoms with Crippen molar-refractivity contribution in [2.24, 2.45) is 5.73 Å². The molecule has 0 aromatic heterocycles. The van der Waals surface area contributed by atoms with Gasteiger partial charge in [-0.1, -0.05) is 6.92 Å². The predicted octanol–water partition coefficient (Wildman–Crippen LogP) is 1.51. The van der Waals surface area contributed by atoms with Crippen molar-refractivity contribution in [1.29, 1.82) is 0 Å². The van der Waals surface area contributed by atoms with Crippen molar-refractivity contribution < 1.29 is 19.1 Å². The van der Waals surface area contributed by atoms with Gasteiger partial charge < -0.3 is 15.2 Å². The van der Waals surface area contributed by atoms with Crippen LogP contribution in [-0.2, 0) is 19.1 Å². The van der Waals surface area contributed by atoms with Crippen molar-refractivity contribution in [3.8, 4) is 0 Å². The van der Waals surface area contributed by atoms with Crippen molar-refractivity contribution in [2.45, 2.75) is 46.6 Å². The van der Waals surface area contributed by atoms with Crippen LogP contribution in [0.3, 0.4) is 0 Å². The van der Waals surface area contributed by atoms with Crippen LogP contribution in [-0.4, -0.2) is 24.1 Å². The number of carbonyl (C=O) groups excluding carboxylic acids is 2. The molecular formula is C12H21NO4. The Labute approximate surface area is 102 Å². The molecule has 98 valence electrons. The zero-order chi connectivity index (χ0) is 13.6. The lowest BCUT2D eigenvalue weighted by atomic mass is 9.91. The predicted molar refractivity (Wildman–Crippen MR) is 64.0 cm³/mol. The van der Waals surface area contributed by atoms with Gasteiger partial charge in [0, 0.05) is 12.6 Å². The topological polar surface area (TPSA) is 78.6 Å². The molecule has 0 saturated heterocycles. The Morgan fingerprint density at radius 1 is 1.24 bits per heavy atom. The van der Waals surface area contributed by atoms with Crippen LogP contribution < -0.4 is 5.73 Å². The van der Waals surface area contributed by atoms with Crippen molar-refractivity contribution in [2.75, 3.05) is 6.61 Å². The van der Waals surface area contributed by atoms with E-state index in [2.05, 4.69) is 0 Å². The van der Waals surface area contributed by atoms with Crippen molar-refractivity contribution >= 4 is 11.9 Å². The first-order valence-corrected chi connectivity index (χ1v) is 5.62. The molecule has 0 aliphatic carbocycles. The Balaban J connectivity index is 5.37. The maximum absolute atomic E-state index is 11.8. The molecule has 0 spiro atoms. The highest BCUT2D eigenvalue weighted by Crippen LogP contribution is 2.28. The molecule has 0 saturated carbocycles. The van der Waals surface area contributed by atoms with E-state index in [-0.39, 0.29) is 12.2 Å². The van der Waals surface area contributed by atoms with E-state index in [1.807, 2.05) is 6.92 Å². The maximum atomic E-state index is 11.8. The standard InChI is InChI=1S/C12H21NO4/c1-6-12(5,17-9(4)14)10(8(3)13)11(15)16-7-2/h6-7,13H2,1-5H3/b10-8+. The lowest BCUT2D eigenvalue weighted by molar-refractivity contribution is -0.155. The molecule has 0 amide bonds. The van der Waals surface area contributed by atoms with Gasteiger partial charge in [0.05, 0.1) is 12.2 Å². The van der Waals surface area contributed by atoms with E-state index in [4.69, 9.17) is 15.2 Å². The second-order valence-corrected chi connectivity index (χ2v) is 3.96. The molecule has 0 aliphatic heterocycles. The molecule has 0 fully saturated rings. The van der Waals surface area contributed by atoms with E-state index in [1.165, 1.54) is 6.92 Å². The highest BCUT2D eigenvalue weighted by atomic mass is 16.6. The van der Waals surface area contributed by atoms with Gasteiger partial charge in [-0.15, -0.1) is 0 Å². The van der Waals surface area contributed by atoms with E-state index in [9.17, 15) is 9.59 Å². The van der Waals surface area contributed by atoms with Crippen LogP contribution in [0.1, 0.15) is 41.0 Å². The van der Waals surface area contributed by atoms with Crippen molar-refractivity contribution in [1.82, 2.24) is 0 Å². The summed E-state index contributed by atoms with van der Waals surface area (Å²) in [6, 6.07) is 0. The van der Waals surface area contributed by atoms with Gasteiger partial charge in [0.15, 0.2) is 0 Å². The molecule has 5 nitrogen and oxygen atoms in total. The fraction of sp³-hybridized carbons (Fsp3) is 0.667. The lowest BCUT2D eigenvalue weighted by Gasteiger charge is -2.30. The van der Waals surface area contributed by atoms with E-state index < -0.39 is 17.5 Å². The minimum Gasteiger partial charge on any atom is -0.462 e. The van der Waals surface area contributed by atoms with Crippen LogP contribution in [0.15, 0.2) is 11.3 Å². The zero-order valence-electron chi connectivity index (χ0n) is 11.1. The summed E-state index contributed by atoms with van der Waals surface area (Å²) in [5.41, 5.74) is 5.15. The van der Waals surface area contributed by atoms with E-state index in [0.29, 0.717) is 12.1 Å². The van der Waals surface area contributed by atoms with Gasteiger partial charge >= 0.3 is 11.9 Å². The first kappa shape index (κ1) is 15.5. The number of esters is 2. The van der Waals surface area contributed by atoms with E-state index in [1.54, 1.807) is 20.8 Å². The smallest absolute Gasteiger partial charge is 0.339 e. The van der Waals surface area contributed by atoms with Crippen LogP contribution >= 0.6 is 0 Å². The van der Waals surface area contributed by atoms with Gasteiger partial charge in [0.2, 0.25) is 0 Å². The Morgan fingerprint density at radius 3 is 2.06 bits per heavy atom. The Bertz CT molecular complexity index is 331. The van der Waals surface area contributed by atoms with Gasteiger partial charge in [-0.2, -0.15) is 0 Å². The average molecular weight is 243 g/mol. The van der Waals surface area contributed by atoms with Crippen LogP contribution in [0.25, 0.3) is 0 Å². The molecule has 17 heavy (non-hydrogen) atoms. The lowest BCUT2D eigenvalue weighted by Crippen LogP contribution is -2.38. The molecule has 5 heteroatoms. The summed E-state index contributed by atoms with van der Waals surface area (Å²) < 4.78 is 10.1. The van der Waals surface area contributed by atoms with Crippen LogP contribution in [0.2, 0.25) is 0 Å². The molecule has 0 aliphatic rings. The third-order valence-electron chi connectivity index (χ3n) is 2.45. The second-order valence-electron chi connectivity index (χ2n) is 3.96. The normalized spacial score (nSPS) is 15.6. The summed E-state index contributed by atoms with van der Waals surface area (Å²) in [4.78, 5) is 22.9. The Hall–Kier alpha value is -1.52. The van der Waals surface area contributed by atoms with Gasteiger partial charge in [0.25, 0.3) is 0 Å². The first-order valence-electron chi connectivity index (χ1n) is 5.62. The van der Waals surface area contributed by atoms with Crippen LogP contribution in [0, 0.1) is 0 Å². The fourth-order valence-corrected chi connectivity index (χ4v) is 1.61. The highest BCUT2D eigenvalue weighted by Gasteiger charge is 2.37. The summed E-state index contributed by atoms with van der Waals surface area (Å²) in [5.74, 6) is -1.00. The quantitative estimate of drug-likeness (QED) is 0.585. The monoisotopic (exact) mass is 243 g/mol.